The highest BCUT2D eigenvalue weighted by Crippen LogP contribution is 2.22. The Hall–Kier alpha value is -2.02. The number of rotatable bonds is 4. The number of amides is 1. The molecule has 0 bridgehead atoms. The SMILES string of the molecule is COC1CC(C(=O)O)N(C(=O)Cc2c(F)cccc2F)C1. The minimum atomic E-state index is -1.16. The first kappa shape index (κ1) is 15.4. The first-order chi connectivity index (χ1) is 9.93. The predicted octanol–water partition coefficient (Wildman–Crippen LogP) is 1.21. The molecule has 2 rings (SSSR count). The summed E-state index contributed by atoms with van der Waals surface area (Å²) in [6, 6.07) is 2.29. The van der Waals surface area contributed by atoms with Crippen molar-refractivity contribution in [3.05, 3.63) is 35.4 Å². The second-order valence-corrected chi connectivity index (χ2v) is 4.87. The molecule has 2 unspecified atom stereocenters. The number of benzene rings is 1. The van der Waals surface area contributed by atoms with Crippen LogP contribution in [0.1, 0.15) is 12.0 Å². The Morgan fingerprint density at radius 2 is 2.00 bits per heavy atom. The Bertz CT molecular complexity index is 544. The van der Waals surface area contributed by atoms with Crippen molar-refractivity contribution in [3.63, 3.8) is 0 Å². The van der Waals surface area contributed by atoms with Gasteiger partial charge >= 0.3 is 5.97 Å². The summed E-state index contributed by atoms with van der Waals surface area (Å²) in [5, 5.41) is 9.12. The molecule has 1 saturated heterocycles. The fraction of sp³-hybridized carbons (Fsp3) is 0.429. The number of hydrogen-bond acceptors (Lipinski definition) is 3. The van der Waals surface area contributed by atoms with Crippen LogP contribution in [0.2, 0.25) is 0 Å². The molecule has 0 saturated carbocycles. The van der Waals surface area contributed by atoms with Gasteiger partial charge in [-0.3, -0.25) is 4.79 Å². The Balaban J connectivity index is 2.17. The molecule has 1 fully saturated rings. The number of hydrogen-bond donors (Lipinski definition) is 1. The van der Waals surface area contributed by atoms with Gasteiger partial charge in [0.2, 0.25) is 5.91 Å². The number of ether oxygens (including phenoxy) is 1. The van der Waals surface area contributed by atoms with Crippen LogP contribution < -0.4 is 0 Å². The Morgan fingerprint density at radius 3 is 2.52 bits per heavy atom. The van der Waals surface area contributed by atoms with Crippen molar-refractivity contribution >= 4 is 11.9 Å². The molecule has 5 nitrogen and oxygen atoms in total. The molecule has 1 aliphatic heterocycles. The molecule has 0 aromatic heterocycles. The van der Waals surface area contributed by atoms with E-state index in [9.17, 15) is 18.4 Å². The zero-order valence-electron chi connectivity index (χ0n) is 11.4. The van der Waals surface area contributed by atoms with Gasteiger partial charge in [0.1, 0.15) is 17.7 Å². The number of carboxylic acids is 1. The van der Waals surface area contributed by atoms with E-state index in [-0.39, 0.29) is 24.6 Å². The number of carbonyl (C=O) groups is 2. The lowest BCUT2D eigenvalue weighted by molar-refractivity contribution is -0.148. The van der Waals surface area contributed by atoms with Crippen molar-refractivity contribution in [2.45, 2.75) is 25.0 Å². The molecule has 1 N–H and O–H groups in total. The van der Waals surface area contributed by atoms with Crippen LogP contribution in [0.25, 0.3) is 0 Å². The third-order valence-electron chi connectivity index (χ3n) is 3.59. The zero-order valence-corrected chi connectivity index (χ0v) is 11.4. The third kappa shape index (κ3) is 3.18. The molecule has 1 aromatic carbocycles. The smallest absolute Gasteiger partial charge is 0.326 e. The van der Waals surface area contributed by atoms with Crippen LogP contribution in [0.15, 0.2) is 18.2 Å². The van der Waals surface area contributed by atoms with Gasteiger partial charge in [-0.25, -0.2) is 13.6 Å². The first-order valence-corrected chi connectivity index (χ1v) is 6.42. The molecule has 1 aromatic rings. The van der Waals surface area contributed by atoms with Gasteiger partial charge in [0.05, 0.1) is 12.5 Å². The van der Waals surface area contributed by atoms with Crippen LogP contribution in [-0.4, -0.2) is 47.7 Å². The standard InChI is InChI=1S/C14H15F2NO4/c1-21-8-5-12(14(19)20)17(7-8)13(18)6-9-10(15)3-2-4-11(9)16/h2-4,8,12H,5-7H2,1H3,(H,19,20). The van der Waals surface area contributed by atoms with Crippen LogP contribution in [0.5, 0.6) is 0 Å². The average molecular weight is 299 g/mol. The largest absolute Gasteiger partial charge is 0.480 e. The lowest BCUT2D eigenvalue weighted by Gasteiger charge is -2.21. The molecule has 0 aliphatic carbocycles. The van der Waals surface area contributed by atoms with Gasteiger partial charge < -0.3 is 14.7 Å². The number of carboxylic acid groups (broad SMARTS) is 1. The van der Waals surface area contributed by atoms with E-state index in [1.165, 1.54) is 13.2 Å². The van der Waals surface area contributed by atoms with E-state index in [1.807, 2.05) is 0 Å². The Kier molecular flexibility index (Phi) is 4.52. The lowest BCUT2D eigenvalue weighted by Crippen LogP contribution is -2.41. The zero-order chi connectivity index (χ0) is 15.6. The monoisotopic (exact) mass is 299 g/mol. The van der Waals surface area contributed by atoms with Gasteiger partial charge in [-0.2, -0.15) is 0 Å². The van der Waals surface area contributed by atoms with Gasteiger partial charge in [-0.05, 0) is 12.1 Å². The van der Waals surface area contributed by atoms with Crippen molar-refractivity contribution in [1.29, 1.82) is 0 Å². The average Bonchev–Trinajstić information content (AvgIpc) is 2.87. The second-order valence-electron chi connectivity index (χ2n) is 4.87. The molecule has 1 heterocycles. The summed E-state index contributed by atoms with van der Waals surface area (Å²) in [7, 11) is 1.42. The molecule has 0 spiro atoms. The topological polar surface area (TPSA) is 66.8 Å². The summed E-state index contributed by atoms with van der Waals surface area (Å²) < 4.78 is 32.2. The number of aliphatic carboxylic acids is 1. The highest BCUT2D eigenvalue weighted by molar-refractivity contribution is 5.85. The van der Waals surface area contributed by atoms with Crippen molar-refractivity contribution in [2.75, 3.05) is 13.7 Å². The van der Waals surface area contributed by atoms with Crippen molar-refractivity contribution in [3.8, 4) is 0 Å². The van der Waals surface area contributed by atoms with Crippen LogP contribution >= 0.6 is 0 Å². The maximum Gasteiger partial charge on any atom is 0.326 e. The van der Waals surface area contributed by atoms with E-state index in [0.29, 0.717) is 0 Å². The molecule has 0 radical (unpaired) electrons. The van der Waals surface area contributed by atoms with E-state index in [2.05, 4.69) is 0 Å². The molecular formula is C14H15F2NO4. The first-order valence-electron chi connectivity index (χ1n) is 6.42. The quantitative estimate of drug-likeness (QED) is 0.907. The fourth-order valence-electron chi connectivity index (χ4n) is 2.43. The van der Waals surface area contributed by atoms with Crippen molar-refractivity contribution in [2.24, 2.45) is 0 Å². The van der Waals surface area contributed by atoms with Crippen LogP contribution in [0.3, 0.4) is 0 Å². The molecule has 1 aliphatic rings. The van der Waals surface area contributed by atoms with Crippen LogP contribution in [0, 0.1) is 11.6 Å². The van der Waals surface area contributed by atoms with Gasteiger partial charge in [0, 0.05) is 25.6 Å². The van der Waals surface area contributed by atoms with Gasteiger partial charge in [0.15, 0.2) is 0 Å². The lowest BCUT2D eigenvalue weighted by atomic mass is 10.1. The summed E-state index contributed by atoms with van der Waals surface area (Å²) in [5.41, 5.74) is -0.354. The summed E-state index contributed by atoms with van der Waals surface area (Å²) in [4.78, 5) is 24.4. The summed E-state index contributed by atoms with van der Waals surface area (Å²) in [6.07, 6.45) is -0.740. The van der Waals surface area contributed by atoms with Gasteiger partial charge in [-0.15, -0.1) is 0 Å². The van der Waals surface area contributed by atoms with Crippen LogP contribution in [-0.2, 0) is 20.7 Å². The number of likely N-dealkylation sites (tertiary alicyclic amines) is 1. The minimum absolute atomic E-state index is 0.0996. The van der Waals surface area contributed by atoms with Crippen LogP contribution in [0.4, 0.5) is 8.78 Å². The molecule has 7 heteroatoms. The maximum absolute atomic E-state index is 13.5. The molecule has 1 amide bonds. The number of nitrogens with zero attached hydrogens (tertiary/aromatic N) is 1. The number of methoxy groups -OCH3 is 1. The van der Waals surface area contributed by atoms with E-state index >= 15 is 0 Å². The third-order valence-corrected chi connectivity index (χ3v) is 3.59. The Labute approximate surface area is 120 Å². The number of carbonyl (C=O) groups excluding carboxylic acids is 1. The minimum Gasteiger partial charge on any atom is -0.480 e. The van der Waals surface area contributed by atoms with Crippen molar-refractivity contribution < 1.29 is 28.2 Å². The number of halogens is 2. The van der Waals surface area contributed by atoms with E-state index in [4.69, 9.17) is 9.84 Å². The van der Waals surface area contributed by atoms with Gasteiger partial charge in [0.25, 0.3) is 0 Å². The van der Waals surface area contributed by atoms with Crippen molar-refractivity contribution in [1.82, 2.24) is 4.90 Å². The Morgan fingerprint density at radius 1 is 1.38 bits per heavy atom. The maximum atomic E-state index is 13.5. The summed E-state index contributed by atoms with van der Waals surface area (Å²) in [6.45, 7) is 0.0996. The molecular weight excluding hydrogens is 284 g/mol. The summed E-state index contributed by atoms with van der Waals surface area (Å²) in [5.74, 6) is -3.43. The molecule has 2 atom stereocenters. The molecule has 21 heavy (non-hydrogen) atoms. The normalized spacial score (nSPS) is 21.6. The van der Waals surface area contributed by atoms with Gasteiger partial charge in [-0.1, -0.05) is 6.07 Å². The highest BCUT2D eigenvalue weighted by atomic mass is 19.1. The molecule has 114 valence electrons. The van der Waals surface area contributed by atoms with E-state index in [0.717, 1.165) is 17.0 Å². The summed E-state index contributed by atoms with van der Waals surface area (Å²) >= 11 is 0. The highest BCUT2D eigenvalue weighted by Gasteiger charge is 2.39. The van der Waals surface area contributed by atoms with E-state index < -0.39 is 36.0 Å². The second kappa shape index (κ2) is 6.17. The fourth-order valence-corrected chi connectivity index (χ4v) is 2.43. The van der Waals surface area contributed by atoms with E-state index in [1.54, 1.807) is 0 Å². The predicted molar refractivity (Wildman–Crippen MR) is 68.6 cm³/mol.